The summed E-state index contributed by atoms with van der Waals surface area (Å²) in [7, 11) is 1.49. The molecular formula is C13H15N3O3. The van der Waals surface area contributed by atoms with E-state index >= 15 is 0 Å². The standard InChI is InChI=1S/C13H15N3O3/c1-17-11-12(14)15-9-16-13(11)19-8-7-18-10-5-3-2-4-6-10/h2-6,9H,7-8H2,1H3,(H2,14,15,16). The number of hydrogen-bond donors (Lipinski definition) is 1. The summed E-state index contributed by atoms with van der Waals surface area (Å²) < 4.78 is 16.0. The van der Waals surface area contributed by atoms with Gasteiger partial charge in [0, 0.05) is 0 Å². The number of anilines is 1. The normalized spacial score (nSPS) is 9.95. The van der Waals surface area contributed by atoms with E-state index < -0.39 is 0 Å². The van der Waals surface area contributed by atoms with Crippen LogP contribution in [0.3, 0.4) is 0 Å². The summed E-state index contributed by atoms with van der Waals surface area (Å²) in [6.07, 6.45) is 1.32. The average Bonchev–Trinajstić information content (AvgIpc) is 2.45. The lowest BCUT2D eigenvalue weighted by Crippen LogP contribution is -2.11. The van der Waals surface area contributed by atoms with Crippen LogP contribution in [0, 0.1) is 0 Å². The number of hydrogen-bond acceptors (Lipinski definition) is 6. The van der Waals surface area contributed by atoms with Crippen molar-refractivity contribution in [2.75, 3.05) is 26.1 Å². The van der Waals surface area contributed by atoms with Crippen LogP contribution in [-0.4, -0.2) is 30.3 Å². The lowest BCUT2D eigenvalue weighted by atomic mass is 10.3. The highest BCUT2D eigenvalue weighted by Gasteiger charge is 2.10. The average molecular weight is 261 g/mol. The fraction of sp³-hybridized carbons (Fsp3) is 0.231. The van der Waals surface area contributed by atoms with Crippen molar-refractivity contribution in [1.29, 1.82) is 0 Å². The first kappa shape index (κ1) is 12.9. The van der Waals surface area contributed by atoms with Crippen LogP contribution < -0.4 is 19.9 Å². The van der Waals surface area contributed by atoms with Crippen molar-refractivity contribution in [3.63, 3.8) is 0 Å². The molecule has 0 fully saturated rings. The molecule has 0 aliphatic heterocycles. The van der Waals surface area contributed by atoms with Crippen molar-refractivity contribution >= 4 is 5.82 Å². The SMILES string of the molecule is COc1c(N)ncnc1OCCOc1ccccc1. The Morgan fingerprint density at radius 2 is 1.79 bits per heavy atom. The van der Waals surface area contributed by atoms with Crippen molar-refractivity contribution in [2.24, 2.45) is 0 Å². The molecule has 2 rings (SSSR count). The van der Waals surface area contributed by atoms with Gasteiger partial charge < -0.3 is 19.9 Å². The van der Waals surface area contributed by atoms with Crippen molar-refractivity contribution in [1.82, 2.24) is 9.97 Å². The van der Waals surface area contributed by atoms with Gasteiger partial charge in [0.1, 0.15) is 25.3 Å². The molecule has 0 saturated carbocycles. The molecule has 0 aliphatic rings. The lowest BCUT2D eigenvalue weighted by molar-refractivity contribution is 0.205. The molecule has 0 bridgehead atoms. The molecule has 0 amide bonds. The van der Waals surface area contributed by atoms with Gasteiger partial charge in [-0.15, -0.1) is 0 Å². The maximum Gasteiger partial charge on any atom is 0.262 e. The summed E-state index contributed by atoms with van der Waals surface area (Å²) in [4.78, 5) is 7.78. The molecule has 1 aromatic carbocycles. The minimum absolute atomic E-state index is 0.247. The Labute approximate surface area is 111 Å². The first-order valence-electron chi connectivity index (χ1n) is 5.76. The van der Waals surface area contributed by atoms with Crippen LogP contribution >= 0.6 is 0 Å². The summed E-state index contributed by atoms with van der Waals surface area (Å²) in [5.74, 6) is 1.69. The Hall–Kier alpha value is -2.50. The maximum atomic E-state index is 5.64. The molecule has 2 N–H and O–H groups in total. The number of ether oxygens (including phenoxy) is 3. The van der Waals surface area contributed by atoms with Gasteiger partial charge >= 0.3 is 0 Å². The van der Waals surface area contributed by atoms with Gasteiger partial charge in [0.05, 0.1) is 7.11 Å². The van der Waals surface area contributed by atoms with Crippen molar-refractivity contribution in [2.45, 2.75) is 0 Å². The summed E-state index contributed by atoms with van der Waals surface area (Å²) in [6, 6.07) is 9.50. The molecule has 1 heterocycles. The zero-order valence-electron chi connectivity index (χ0n) is 10.6. The predicted molar refractivity (Wildman–Crippen MR) is 70.4 cm³/mol. The minimum atomic E-state index is 0.247. The summed E-state index contributed by atoms with van der Waals surface area (Å²) >= 11 is 0. The molecule has 1 aromatic heterocycles. The van der Waals surface area contributed by atoms with Crippen LogP contribution in [-0.2, 0) is 0 Å². The third-order valence-corrected chi connectivity index (χ3v) is 2.34. The lowest BCUT2D eigenvalue weighted by Gasteiger charge is -2.10. The van der Waals surface area contributed by atoms with Gasteiger partial charge in [-0.3, -0.25) is 0 Å². The molecule has 0 spiro atoms. The molecule has 0 aliphatic carbocycles. The fourth-order valence-corrected chi connectivity index (χ4v) is 1.48. The molecule has 2 aromatic rings. The third kappa shape index (κ3) is 3.48. The van der Waals surface area contributed by atoms with Crippen LogP contribution in [0.2, 0.25) is 0 Å². The van der Waals surface area contributed by atoms with E-state index in [1.165, 1.54) is 13.4 Å². The molecular weight excluding hydrogens is 246 g/mol. The largest absolute Gasteiger partial charge is 0.490 e. The molecule has 0 unspecified atom stereocenters. The smallest absolute Gasteiger partial charge is 0.262 e. The summed E-state index contributed by atoms with van der Waals surface area (Å²) in [6.45, 7) is 0.735. The van der Waals surface area contributed by atoms with E-state index in [0.717, 1.165) is 5.75 Å². The second-order valence-electron chi connectivity index (χ2n) is 3.61. The van der Waals surface area contributed by atoms with Crippen molar-refractivity contribution < 1.29 is 14.2 Å². The zero-order chi connectivity index (χ0) is 13.5. The molecule has 0 radical (unpaired) electrons. The highest BCUT2D eigenvalue weighted by molar-refractivity contribution is 5.51. The molecule has 0 saturated heterocycles. The monoisotopic (exact) mass is 261 g/mol. The highest BCUT2D eigenvalue weighted by atomic mass is 16.5. The summed E-state index contributed by atoms with van der Waals surface area (Å²) in [5.41, 5.74) is 5.64. The first-order valence-corrected chi connectivity index (χ1v) is 5.76. The van der Waals surface area contributed by atoms with E-state index in [1.54, 1.807) is 0 Å². The van der Waals surface area contributed by atoms with E-state index in [4.69, 9.17) is 19.9 Å². The molecule has 6 nitrogen and oxygen atoms in total. The van der Waals surface area contributed by atoms with Gasteiger partial charge in [0.15, 0.2) is 5.82 Å². The number of rotatable bonds is 6. The Bertz CT molecular complexity index is 520. The number of aromatic nitrogens is 2. The maximum absolute atomic E-state index is 5.64. The van der Waals surface area contributed by atoms with Gasteiger partial charge in [0.2, 0.25) is 5.75 Å². The number of methoxy groups -OCH3 is 1. The Morgan fingerprint density at radius 3 is 2.53 bits per heavy atom. The van der Waals surface area contributed by atoms with Crippen LogP contribution in [0.15, 0.2) is 36.7 Å². The number of nitrogen functional groups attached to an aromatic ring is 1. The van der Waals surface area contributed by atoms with Gasteiger partial charge in [-0.1, -0.05) is 18.2 Å². The van der Waals surface area contributed by atoms with E-state index in [0.29, 0.717) is 24.8 Å². The van der Waals surface area contributed by atoms with Gasteiger partial charge in [-0.05, 0) is 12.1 Å². The van der Waals surface area contributed by atoms with E-state index in [9.17, 15) is 0 Å². The quantitative estimate of drug-likeness (QED) is 0.794. The molecule has 100 valence electrons. The topological polar surface area (TPSA) is 79.5 Å². The van der Waals surface area contributed by atoms with Crippen LogP contribution in [0.1, 0.15) is 0 Å². The first-order chi connectivity index (χ1) is 9.31. The summed E-state index contributed by atoms with van der Waals surface area (Å²) in [5, 5.41) is 0. The number of benzene rings is 1. The van der Waals surface area contributed by atoms with Gasteiger partial charge in [-0.25, -0.2) is 4.98 Å². The van der Waals surface area contributed by atoms with E-state index in [-0.39, 0.29) is 5.82 Å². The number of nitrogens with zero attached hydrogens (tertiary/aromatic N) is 2. The third-order valence-electron chi connectivity index (χ3n) is 2.34. The number of nitrogens with two attached hydrogens (primary N) is 1. The molecule has 19 heavy (non-hydrogen) atoms. The van der Waals surface area contributed by atoms with Crippen molar-refractivity contribution in [3.8, 4) is 17.4 Å². The van der Waals surface area contributed by atoms with Gasteiger partial charge in [0.25, 0.3) is 5.88 Å². The minimum Gasteiger partial charge on any atom is -0.490 e. The molecule has 0 atom stereocenters. The highest BCUT2D eigenvalue weighted by Crippen LogP contribution is 2.28. The predicted octanol–water partition coefficient (Wildman–Crippen LogP) is 1.53. The Morgan fingerprint density at radius 1 is 1.05 bits per heavy atom. The molecule has 6 heteroatoms. The van der Waals surface area contributed by atoms with Crippen LogP contribution in [0.25, 0.3) is 0 Å². The van der Waals surface area contributed by atoms with Crippen molar-refractivity contribution in [3.05, 3.63) is 36.7 Å². The second-order valence-corrected chi connectivity index (χ2v) is 3.61. The second kappa shape index (κ2) is 6.44. The van der Waals surface area contributed by atoms with Crippen LogP contribution in [0.5, 0.6) is 17.4 Å². The fourth-order valence-electron chi connectivity index (χ4n) is 1.48. The van der Waals surface area contributed by atoms with E-state index in [1.807, 2.05) is 30.3 Å². The van der Waals surface area contributed by atoms with Crippen LogP contribution in [0.4, 0.5) is 5.82 Å². The van der Waals surface area contributed by atoms with E-state index in [2.05, 4.69) is 9.97 Å². The van der Waals surface area contributed by atoms with Gasteiger partial charge in [-0.2, -0.15) is 4.98 Å². The zero-order valence-corrected chi connectivity index (χ0v) is 10.6. The Kier molecular flexibility index (Phi) is 4.39. The number of para-hydroxylation sites is 1. The Balaban J connectivity index is 1.85.